The number of carbonyl (C=O) groups excluding carboxylic acids is 4. The third kappa shape index (κ3) is 71.8. The lowest BCUT2D eigenvalue weighted by atomic mass is 10.0. The number of phosphoric ester groups is 2. The number of carbonyl (C=O) groups is 4. The summed E-state index contributed by atoms with van der Waals surface area (Å²) >= 11 is 0. The van der Waals surface area contributed by atoms with E-state index in [2.05, 4.69) is 137 Å². The predicted molar refractivity (Wildman–Crippen MR) is 408 cm³/mol. The van der Waals surface area contributed by atoms with Crippen LogP contribution in [-0.2, 0) is 65.4 Å². The quantitative estimate of drug-likeness (QED) is 0.0169. The summed E-state index contributed by atoms with van der Waals surface area (Å²) in [6.45, 7) is 4.55. The Morgan fingerprint density at radius 1 is 0.290 bits per heavy atom. The van der Waals surface area contributed by atoms with Gasteiger partial charge >= 0.3 is 39.5 Å². The van der Waals surface area contributed by atoms with Gasteiger partial charge in [-0.25, -0.2) is 9.13 Å². The highest BCUT2D eigenvalue weighted by molar-refractivity contribution is 7.47. The third-order valence-corrected chi connectivity index (χ3v) is 17.9. The van der Waals surface area contributed by atoms with E-state index in [4.69, 9.17) is 37.0 Å². The van der Waals surface area contributed by atoms with Crippen LogP contribution in [0.5, 0.6) is 0 Å². The van der Waals surface area contributed by atoms with Crippen molar-refractivity contribution in [3.63, 3.8) is 0 Å². The molecular formula is C81H138O17P2. The van der Waals surface area contributed by atoms with Crippen LogP contribution in [-0.4, -0.2) is 96.7 Å². The molecule has 574 valence electrons. The number of aliphatic hydroxyl groups is 1. The molecule has 0 spiro atoms. The summed E-state index contributed by atoms with van der Waals surface area (Å²) in [4.78, 5) is 72.8. The molecule has 0 saturated heterocycles. The van der Waals surface area contributed by atoms with Gasteiger partial charge in [-0.1, -0.05) is 297 Å². The van der Waals surface area contributed by atoms with Crippen molar-refractivity contribution in [1.82, 2.24) is 0 Å². The molecule has 0 amide bonds. The third-order valence-electron chi connectivity index (χ3n) is 16.0. The molecule has 3 N–H and O–H groups in total. The lowest BCUT2D eigenvalue weighted by molar-refractivity contribution is -0.161. The van der Waals surface area contributed by atoms with Crippen LogP contribution in [0.3, 0.4) is 0 Å². The first-order valence-electron chi connectivity index (χ1n) is 38.8. The molecule has 0 rings (SSSR count). The number of phosphoric acid groups is 2. The van der Waals surface area contributed by atoms with Crippen LogP contribution in [0.4, 0.5) is 0 Å². The average Bonchev–Trinajstić information content (AvgIpc) is 1.02. The molecule has 100 heavy (non-hydrogen) atoms. The number of esters is 4. The molecule has 0 radical (unpaired) electrons. The van der Waals surface area contributed by atoms with Gasteiger partial charge in [0.25, 0.3) is 0 Å². The van der Waals surface area contributed by atoms with Crippen LogP contribution in [0.15, 0.2) is 122 Å². The van der Waals surface area contributed by atoms with E-state index < -0.39 is 97.5 Å². The van der Waals surface area contributed by atoms with Crippen molar-refractivity contribution >= 4 is 39.5 Å². The highest BCUT2D eigenvalue weighted by Gasteiger charge is 2.30. The number of hydrogen-bond donors (Lipinski definition) is 3. The fourth-order valence-corrected chi connectivity index (χ4v) is 11.7. The van der Waals surface area contributed by atoms with Crippen LogP contribution < -0.4 is 0 Å². The van der Waals surface area contributed by atoms with Crippen molar-refractivity contribution in [3.05, 3.63) is 122 Å². The molecule has 19 heteroatoms. The number of allylic oxidation sites excluding steroid dienone is 20. The van der Waals surface area contributed by atoms with Crippen LogP contribution in [0, 0.1) is 0 Å². The van der Waals surface area contributed by atoms with E-state index in [1.54, 1.807) is 0 Å². The van der Waals surface area contributed by atoms with Gasteiger partial charge in [0.15, 0.2) is 12.2 Å². The number of hydrogen-bond acceptors (Lipinski definition) is 15. The molecular weight excluding hydrogens is 1310 g/mol. The largest absolute Gasteiger partial charge is 0.472 e. The van der Waals surface area contributed by atoms with Gasteiger partial charge in [0, 0.05) is 25.7 Å². The van der Waals surface area contributed by atoms with E-state index >= 15 is 0 Å². The molecule has 0 aliphatic carbocycles. The molecule has 0 aliphatic rings. The monoisotopic (exact) mass is 1440 g/mol. The SMILES string of the molecule is CC/C=C\C/C=C\C/C=C\C/C=C\C/C=C\CCCCCC(=O)OCC(COP(=O)(O)OCC(O)COP(=O)(O)OCC(COC(=O)CCC/C=C\C/C=C\C/C=C\C/C=C\C/C=C\CC)OC(=O)CCCCCCCCCCCCCCC)OC(=O)CCCCCCCCCCCCC. The summed E-state index contributed by atoms with van der Waals surface area (Å²) in [6, 6.07) is 0. The lowest BCUT2D eigenvalue weighted by Crippen LogP contribution is -2.30. The van der Waals surface area contributed by atoms with Crippen LogP contribution in [0.25, 0.3) is 0 Å². The summed E-state index contributed by atoms with van der Waals surface area (Å²) in [6.07, 6.45) is 79.1. The maximum absolute atomic E-state index is 13.1. The maximum Gasteiger partial charge on any atom is 0.472 e. The Kier molecular flexibility index (Phi) is 69.5. The standard InChI is InChI=1S/C81H138O17P2/c1-5-9-13-17-21-25-29-32-34-36-37-39-41-44-47-50-54-58-62-66-78(83)91-71-76(97-80(85)67-63-59-55-51-45-28-24-20-16-12-8-4)73-95-99(87,88)93-69-75(82)70-94-100(89,90)96-74-77(98-81(86)68-64-60-56-52-48-42-31-27-23-19-15-11-7-3)72-92-79(84)65-61-57-53-49-46-43-40-38-35-33-30-26-22-18-14-10-6-2/h9-10,13-14,21-22,25-26,32-35,37,39-40,43-44,47,49,53,75-77,82H,5-8,11-12,15-20,23-24,27-31,36,38,41-42,45-46,48,50-52,54-74H2,1-4H3,(H,87,88)(H,89,90)/b13-9-,14-10-,25-21-,26-22-,34-32-,35-33-,39-37-,43-40-,47-44-,53-49-. The highest BCUT2D eigenvalue weighted by atomic mass is 31.2. The molecule has 0 saturated carbocycles. The van der Waals surface area contributed by atoms with Gasteiger partial charge in [0.1, 0.15) is 19.3 Å². The molecule has 17 nitrogen and oxygen atoms in total. The Morgan fingerprint density at radius 2 is 0.530 bits per heavy atom. The average molecular weight is 1450 g/mol. The topological polar surface area (TPSA) is 237 Å². The fourth-order valence-electron chi connectivity index (χ4n) is 10.1. The van der Waals surface area contributed by atoms with E-state index in [0.717, 1.165) is 135 Å². The molecule has 0 fully saturated rings. The Hall–Kier alpha value is -4.54. The summed E-state index contributed by atoms with van der Waals surface area (Å²) in [5, 5.41) is 10.6. The smallest absolute Gasteiger partial charge is 0.462 e. The molecule has 0 aromatic carbocycles. The van der Waals surface area contributed by atoms with Gasteiger partial charge < -0.3 is 33.8 Å². The number of unbranched alkanes of at least 4 members (excludes halogenated alkanes) is 26. The minimum absolute atomic E-state index is 0.0831. The molecule has 0 bridgehead atoms. The number of aliphatic hydroxyl groups excluding tert-OH is 1. The van der Waals surface area contributed by atoms with E-state index in [1.165, 1.54) is 89.9 Å². The zero-order chi connectivity index (χ0) is 73.2. The van der Waals surface area contributed by atoms with Gasteiger partial charge in [-0.2, -0.15) is 0 Å². The number of rotatable bonds is 72. The zero-order valence-corrected chi connectivity index (χ0v) is 64.4. The summed E-state index contributed by atoms with van der Waals surface area (Å²) < 4.78 is 68.4. The summed E-state index contributed by atoms with van der Waals surface area (Å²) in [5.74, 6) is -2.27. The Labute approximate surface area is 606 Å². The first-order chi connectivity index (χ1) is 48.7. The van der Waals surface area contributed by atoms with E-state index in [1.807, 2.05) is 12.2 Å². The second-order valence-electron chi connectivity index (χ2n) is 25.5. The number of ether oxygens (including phenoxy) is 4. The second-order valence-corrected chi connectivity index (χ2v) is 28.5. The van der Waals surface area contributed by atoms with Crippen LogP contribution in [0.2, 0.25) is 0 Å². The molecule has 0 aromatic rings. The predicted octanol–water partition coefficient (Wildman–Crippen LogP) is 22.3. The van der Waals surface area contributed by atoms with Crippen molar-refractivity contribution in [2.24, 2.45) is 0 Å². The van der Waals surface area contributed by atoms with Gasteiger partial charge in [0.05, 0.1) is 26.4 Å². The van der Waals surface area contributed by atoms with Crippen molar-refractivity contribution in [1.29, 1.82) is 0 Å². The van der Waals surface area contributed by atoms with Gasteiger partial charge in [-0.3, -0.25) is 37.3 Å². The highest BCUT2D eigenvalue weighted by Crippen LogP contribution is 2.45. The van der Waals surface area contributed by atoms with Crippen molar-refractivity contribution < 1.29 is 80.2 Å². The minimum atomic E-state index is -4.99. The van der Waals surface area contributed by atoms with Gasteiger partial charge in [0.2, 0.25) is 0 Å². The molecule has 0 heterocycles. The van der Waals surface area contributed by atoms with E-state index in [9.17, 15) is 43.2 Å². The molecule has 0 aromatic heterocycles. The lowest BCUT2D eigenvalue weighted by Gasteiger charge is -2.21. The summed E-state index contributed by atoms with van der Waals surface area (Å²) in [7, 11) is -9.97. The van der Waals surface area contributed by atoms with Gasteiger partial charge in [-0.15, -0.1) is 0 Å². The van der Waals surface area contributed by atoms with Crippen LogP contribution in [0.1, 0.15) is 310 Å². The maximum atomic E-state index is 13.1. The minimum Gasteiger partial charge on any atom is -0.462 e. The molecule has 5 atom stereocenters. The van der Waals surface area contributed by atoms with Crippen molar-refractivity contribution in [2.75, 3.05) is 39.6 Å². The van der Waals surface area contributed by atoms with Gasteiger partial charge in [-0.05, 0) is 109 Å². The Morgan fingerprint density at radius 3 is 0.840 bits per heavy atom. The fraction of sp³-hybridized carbons (Fsp3) is 0.704. The first kappa shape index (κ1) is 95.5. The molecule has 5 unspecified atom stereocenters. The molecule has 0 aliphatic heterocycles. The second kappa shape index (κ2) is 72.8. The van der Waals surface area contributed by atoms with E-state index in [0.29, 0.717) is 32.1 Å². The van der Waals surface area contributed by atoms with Crippen LogP contribution >= 0.6 is 15.6 Å². The van der Waals surface area contributed by atoms with Crippen molar-refractivity contribution in [3.8, 4) is 0 Å². The van der Waals surface area contributed by atoms with Crippen molar-refractivity contribution in [2.45, 2.75) is 329 Å². The van der Waals surface area contributed by atoms with E-state index in [-0.39, 0.29) is 25.7 Å². The Bertz CT molecular complexity index is 2370. The summed E-state index contributed by atoms with van der Waals surface area (Å²) in [5.41, 5.74) is 0. The first-order valence-corrected chi connectivity index (χ1v) is 41.8. The normalized spacial score (nSPS) is 14.6. The Balaban J connectivity index is 5.37. The zero-order valence-electron chi connectivity index (χ0n) is 62.6.